The van der Waals surface area contributed by atoms with Crippen molar-refractivity contribution in [3.63, 3.8) is 0 Å². The maximum Gasteiger partial charge on any atom is 0.199 e. The molecule has 3 aliphatic heterocycles. The molecule has 0 aromatic heterocycles. The molecule has 10 heteroatoms. The van der Waals surface area contributed by atoms with Crippen molar-refractivity contribution in [2.75, 3.05) is 46.2 Å². The molecule has 54 heavy (non-hydrogen) atoms. The number of hydrazone groups is 2. The van der Waals surface area contributed by atoms with E-state index in [2.05, 4.69) is 211 Å². The second-order valence-electron chi connectivity index (χ2n) is 13.4. The summed E-state index contributed by atoms with van der Waals surface area (Å²) in [6.07, 6.45) is -0.487. The van der Waals surface area contributed by atoms with Gasteiger partial charge in [-0.25, -0.2) is 20.0 Å². The molecular formula is C44H42N10. The molecule has 0 radical (unpaired) electrons. The summed E-state index contributed by atoms with van der Waals surface area (Å²) in [7, 11) is 0. The molecule has 2 atom stereocenters. The topological polar surface area (TPSA) is 68.2 Å². The SMILES string of the molecule is c1ccc(C2=NN(c3ccccc3)C(N3CCN(C4N(c5ccccc5)N=C(c5ccccc5)NN4c4ccccc4)CC3)N(c3ccccc3)N2)cc1. The average Bonchev–Trinajstić information content (AvgIpc) is 3.27. The predicted molar refractivity (Wildman–Crippen MR) is 219 cm³/mol. The minimum Gasteiger partial charge on any atom is -0.277 e. The number of benzene rings is 6. The lowest BCUT2D eigenvalue weighted by molar-refractivity contribution is 0.0573. The van der Waals surface area contributed by atoms with E-state index in [1.807, 2.05) is 12.1 Å². The van der Waals surface area contributed by atoms with E-state index < -0.39 is 0 Å². The minimum atomic E-state index is -0.243. The lowest BCUT2D eigenvalue weighted by Crippen LogP contribution is -2.72. The molecule has 268 valence electrons. The Morgan fingerprint density at radius 1 is 0.352 bits per heavy atom. The quantitative estimate of drug-likeness (QED) is 0.176. The number of para-hydroxylation sites is 4. The molecule has 2 unspecified atom stereocenters. The highest BCUT2D eigenvalue weighted by molar-refractivity contribution is 6.01. The van der Waals surface area contributed by atoms with Crippen molar-refractivity contribution >= 4 is 34.4 Å². The lowest BCUT2D eigenvalue weighted by Gasteiger charge is -2.53. The van der Waals surface area contributed by atoms with Crippen LogP contribution in [-0.4, -0.2) is 60.2 Å². The van der Waals surface area contributed by atoms with Crippen LogP contribution in [0, 0.1) is 0 Å². The lowest BCUT2D eigenvalue weighted by atomic mass is 10.2. The fourth-order valence-corrected chi connectivity index (χ4v) is 7.31. The Morgan fingerprint density at radius 2 is 0.630 bits per heavy atom. The minimum absolute atomic E-state index is 0.243. The Hall–Kier alpha value is -6.62. The fourth-order valence-electron chi connectivity index (χ4n) is 7.31. The largest absolute Gasteiger partial charge is 0.277 e. The van der Waals surface area contributed by atoms with Gasteiger partial charge in [0.05, 0.1) is 22.7 Å². The Labute approximate surface area is 316 Å². The molecule has 0 spiro atoms. The first kappa shape index (κ1) is 33.2. The summed E-state index contributed by atoms with van der Waals surface area (Å²) in [5, 5.41) is 19.4. The van der Waals surface area contributed by atoms with Gasteiger partial charge in [-0.2, -0.15) is 0 Å². The zero-order valence-corrected chi connectivity index (χ0v) is 29.9. The number of rotatable bonds is 8. The van der Waals surface area contributed by atoms with Gasteiger partial charge >= 0.3 is 0 Å². The van der Waals surface area contributed by atoms with Crippen LogP contribution in [-0.2, 0) is 0 Å². The molecule has 3 aliphatic rings. The first-order valence-electron chi connectivity index (χ1n) is 18.5. The number of nitrogens with one attached hydrogen (secondary N) is 2. The van der Waals surface area contributed by atoms with Crippen LogP contribution in [0.15, 0.2) is 192 Å². The molecule has 6 aromatic carbocycles. The smallest absolute Gasteiger partial charge is 0.199 e. The average molecular weight is 711 g/mol. The Bertz CT molecular complexity index is 2000. The highest BCUT2D eigenvalue weighted by Crippen LogP contribution is 2.32. The zero-order chi connectivity index (χ0) is 36.1. The maximum atomic E-state index is 5.30. The van der Waals surface area contributed by atoms with Gasteiger partial charge in [0.2, 0.25) is 0 Å². The molecule has 9 rings (SSSR count). The monoisotopic (exact) mass is 710 g/mol. The van der Waals surface area contributed by atoms with Crippen LogP contribution in [0.4, 0.5) is 22.7 Å². The van der Waals surface area contributed by atoms with Gasteiger partial charge < -0.3 is 0 Å². The summed E-state index contributed by atoms with van der Waals surface area (Å²) < 4.78 is 0. The molecule has 6 aromatic rings. The van der Waals surface area contributed by atoms with Crippen LogP contribution >= 0.6 is 0 Å². The summed E-state index contributed by atoms with van der Waals surface area (Å²) in [6, 6.07) is 62.7. The number of hydrogen-bond donors (Lipinski definition) is 2. The van der Waals surface area contributed by atoms with E-state index in [1.54, 1.807) is 0 Å². The van der Waals surface area contributed by atoms with Gasteiger partial charge in [-0.05, 0) is 48.5 Å². The van der Waals surface area contributed by atoms with Gasteiger partial charge in [-0.1, -0.05) is 133 Å². The van der Waals surface area contributed by atoms with E-state index in [1.165, 1.54) is 0 Å². The van der Waals surface area contributed by atoms with E-state index in [0.29, 0.717) is 0 Å². The van der Waals surface area contributed by atoms with Crippen molar-refractivity contribution in [2.45, 2.75) is 12.6 Å². The number of piperazine rings is 1. The third kappa shape index (κ3) is 6.71. The van der Waals surface area contributed by atoms with Crippen LogP contribution in [0.3, 0.4) is 0 Å². The fraction of sp³-hybridized carbons (Fsp3) is 0.136. The molecule has 0 amide bonds. The maximum absolute atomic E-state index is 5.30. The standard InChI is InChI=1S/C44H42N10/c1-7-19-35(20-8-1)41-45-51(37-23-11-3-12-24-37)43(52(46-41)38-25-13-4-14-26-38)49-31-33-50(34-32-49)44-53(39-27-15-5-16-28-39)47-42(36-21-9-2-10-22-36)48-54(44)40-29-17-6-18-30-40/h1-30,43-44H,31-34H2,(H,45,46)(H,47,48). The number of hydrazine groups is 2. The van der Waals surface area contributed by atoms with E-state index in [0.717, 1.165) is 71.7 Å². The van der Waals surface area contributed by atoms with Gasteiger partial charge in [0.25, 0.3) is 0 Å². The third-order valence-corrected chi connectivity index (χ3v) is 9.97. The number of amidine groups is 2. The number of anilines is 4. The molecule has 1 fully saturated rings. The number of nitrogens with zero attached hydrogens (tertiary/aromatic N) is 8. The van der Waals surface area contributed by atoms with Gasteiger partial charge in [0, 0.05) is 37.3 Å². The van der Waals surface area contributed by atoms with Crippen LogP contribution in [0.5, 0.6) is 0 Å². The summed E-state index contributed by atoms with van der Waals surface area (Å²) >= 11 is 0. The molecule has 10 nitrogen and oxygen atoms in total. The molecule has 3 heterocycles. The summed E-state index contributed by atoms with van der Waals surface area (Å²) in [5.41, 5.74) is 13.6. The van der Waals surface area contributed by atoms with E-state index >= 15 is 0 Å². The van der Waals surface area contributed by atoms with Crippen LogP contribution in [0.25, 0.3) is 0 Å². The molecule has 0 saturated carbocycles. The van der Waals surface area contributed by atoms with Crippen LogP contribution < -0.4 is 30.9 Å². The first-order chi connectivity index (χ1) is 26.8. The first-order valence-corrected chi connectivity index (χ1v) is 18.5. The second kappa shape index (κ2) is 15.2. The molecule has 2 N–H and O–H groups in total. The van der Waals surface area contributed by atoms with Crippen molar-refractivity contribution in [3.8, 4) is 0 Å². The molecule has 1 saturated heterocycles. The molecule has 0 bridgehead atoms. The van der Waals surface area contributed by atoms with Crippen molar-refractivity contribution < 1.29 is 0 Å². The summed E-state index contributed by atoms with van der Waals surface area (Å²) in [6.45, 7) is 3.14. The molecular weight excluding hydrogens is 669 g/mol. The third-order valence-electron chi connectivity index (χ3n) is 9.97. The summed E-state index contributed by atoms with van der Waals surface area (Å²) in [4.78, 5) is 5.03. The van der Waals surface area contributed by atoms with Gasteiger partial charge in [-0.15, -0.1) is 10.2 Å². The Morgan fingerprint density at radius 3 is 0.944 bits per heavy atom. The van der Waals surface area contributed by atoms with E-state index in [-0.39, 0.29) is 12.6 Å². The van der Waals surface area contributed by atoms with E-state index in [9.17, 15) is 0 Å². The zero-order valence-electron chi connectivity index (χ0n) is 29.9. The Balaban J connectivity index is 1.08. The van der Waals surface area contributed by atoms with Gasteiger partial charge in [0.1, 0.15) is 0 Å². The molecule has 0 aliphatic carbocycles. The Kier molecular flexibility index (Phi) is 9.33. The van der Waals surface area contributed by atoms with Crippen LogP contribution in [0.1, 0.15) is 11.1 Å². The van der Waals surface area contributed by atoms with E-state index in [4.69, 9.17) is 10.2 Å². The predicted octanol–water partition coefficient (Wildman–Crippen LogP) is 6.96. The number of hydrogen-bond acceptors (Lipinski definition) is 10. The van der Waals surface area contributed by atoms with Gasteiger partial charge in [0.15, 0.2) is 24.3 Å². The summed E-state index contributed by atoms with van der Waals surface area (Å²) in [5.74, 6) is 1.58. The highest BCUT2D eigenvalue weighted by atomic mass is 15.8. The van der Waals surface area contributed by atoms with Crippen molar-refractivity contribution in [1.29, 1.82) is 0 Å². The second-order valence-corrected chi connectivity index (χ2v) is 13.4. The van der Waals surface area contributed by atoms with Gasteiger partial charge in [-0.3, -0.25) is 20.7 Å². The normalized spacial score (nSPS) is 19.4. The van der Waals surface area contributed by atoms with Crippen LogP contribution in [0.2, 0.25) is 0 Å². The van der Waals surface area contributed by atoms with Crippen molar-refractivity contribution in [3.05, 3.63) is 193 Å². The van der Waals surface area contributed by atoms with Crippen molar-refractivity contribution in [2.24, 2.45) is 10.2 Å². The van der Waals surface area contributed by atoms with Crippen molar-refractivity contribution in [1.82, 2.24) is 20.7 Å². The highest BCUT2D eigenvalue weighted by Gasteiger charge is 2.42.